The van der Waals surface area contributed by atoms with Gasteiger partial charge in [0.05, 0.1) is 0 Å². The van der Waals surface area contributed by atoms with Crippen molar-refractivity contribution in [2.75, 3.05) is 26.2 Å². The van der Waals surface area contributed by atoms with Crippen LogP contribution >= 0.6 is 0 Å². The maximum atomic E-state index is 6.99. The molecule has 0 saturated carbocycles. The van der Waals surface area contributed by atoms with Crippen LogP contribution in [0.1, 0.15) is 25.7 Å². The van der Waals surface area contributed by atoms with E-state index in [9.17, 15) is 0 Å². The van der Waals surface area contributed by atoms with Crippen LogP contribution in [0.15, 0.2) is 0 Å². The van der Waals surface area contributed by atoms with Crippen molar-refractivity contribution >= 4 is 33.8 Å². The number of rotatable bonds is 18. The molecule has 0 rings (SSSR count). The minimum absolute atomic E-state index is 0.616. The van der Waals surface area contributed by atoms with Gasteiger partial charge in [-0.05, 0) is 109 Å². The van der Waals surface area contributed by atoms with Crippen LogP contribution in [0.3, 0.4) is 0 Å². The Hall–Kier alpha value is 0.588. The maximum absolute atomic E-state index is 6.99. The quantitative estimate of drug-likeness (QED) is 0.221. The summed E-state index contributed by atoms with van der Waals surface area (Å²) in [5.41, 5.74) is 23.3. The molecule has 0 heterocycles. The molecule has 11 heteroatoms. The Bertz CT molecular complexity index is 388. The van der Waals surface area contributed by atoms with Crippen LogP contribution in [0.4, 0.5) is 0 Å². The molecule has 8 N–H and O–H groups in total. The highest BCUT2D eigenvalue weighted by atomic mass is 28.5. The summed E-state index contributed by atoms with van der Waals surface area (Å²) in [6, 6.07) is 3.84. The zero-order chi connectivity index (χ0) is 22.6. The van der Waals surface area contributed by atoms with Crippen LogP contribution in [0, 0.1) is 0 Å². The highest BCUT2D eigenvalue weighted by molar-refractivity contribution is 6.90. The fourth-order valence-corrected chi connectivity index (χ4v) is 21.5. The van der Waals surface area contributed by atoms with Gasteiger partial charge in [0.1, 0.15) is 0 Å². The molecular weight excluding hydrogens is 433 g/mol. The summed E-state index contributed by atoms with van der Waals surface area (Å²) in [6.07, 6.45) is 3.78. The molecule has 0 aromatic rings. The topological polar surface area (TPSA) is 132 Å². The first-order valence-corrected chi connectivity index (χ1v) is 22.5. The molecular formula is C18H50N4O3Si4. The molecule has 0 aromatic heterocycles. The fourth-order valence-electron chi connectivity index (χ4n) is 3.53. The van der Waals surface area contributed by atoms with Crippen LogP contribution in [0.25, 0.3) is 0 Å². The van der Waals surface area contributed by atoms with Gasteiger partial charge in [0, 0.05) is 6.04 Å². The Balaban J connectivity index is 5.86. The van der Waals surface area contributed by atoms with Gasteiger partial charge in [-0.25, -0.2) is 0 Å². The van der Waals surface area contributed by atoms with E-state index in [0.717, 1.165) is 49.9 Å². The van der Waals surface area contributed by atoms with E-state index in [1.54, 1.807) is 0 Å². The molecule has 0 atom stereocenters. The van der Waals surface area contributed by atoms with Crippen molar-refractivity contribution in [3.63, 3.8) is 0 Å². The van der Waals surface area contributed by atoms with Gasteiger partial charge in [-0.15, -0.1) is 0 Å². The van der Waals surface area contributed by atoms with Gasteiger partial charge in [0.25, 0.3) is 0 Å². The molecule has 176 valence electrons. The third-order valence-corrected chi connectivity index (χ3v) is 20.9. The van der Waals surface area contributed by atoms with Gasteiger partial charge in [-0.3, -0.25) is 0 Å². The number of hydrogen-bond donors (Lipinski definition) is 4. The van der Waals surface area contributed by atoms with Crippen LogP contribution in [-0.2, 0) is 12.3 Å². The van der Waals surface area contributed by atoms with Gasteiger partial charge in [0.15, 0.2) is 25.0 Å². The Labute approximate surface area is 184 Å². The van der Waals surface area contributed by atoms with Crippen molar-refractivity contribution in [3.05, 3.63) is 0 Å². The van der Waals surface area contributed by atoms with Crippen molar-refractivity contribution < 1.29 is 12.3 Å². The van der Waals surface area contributed by atoms with Crippen LogP contribution in [0.2, 0.25) is 63.5 Å². The van der Waals surface area contributed by atoms with Crippen molar-refractivity contribution in [2.45, 2.75) is 89.1 Å². The minimum atomic E-state index is -2.89. The van der Waals surface area contributed by atoms with Crippen molar-refractivity contribution in [3.8, 4) is 0 Å². The Morgan fingerprint density at radius 1 is 0.448 bits per heavy atom. The molecule has 0 aromatic carbocycles. The molecule has 0 spiro atoms. The van der Waals surface area contributed by atoms with Crippen molar-refractivity contribution in [1.29, 1.82) is 0 Å². The molecule has 0 amide bonds. The predicted octanol–water partition coefficient (Wildman–Crippen LogP) is 2.99. The Morgan fingerprint density at radius 2 is 0.690 bits per heavy atom. The lowest BCUT2D eigenvalue weighted by molar-refractivity contribution is 0.245. The van der Waals surface area contributed by atoms with Gasteiger partial charge < -0.3 is 35.3 Å². The predicted molar refractivity (Wildman–Crippen MR) is 135 cm³/mol. The van der Waals surface area contributed by atoms with Gasteiger partial charge >= 0.3 is 8.80 Å². The van der Waals surface area contributed by atoms with E-state index < -0.39 is 33.8 Å². The summed E-state index contributed by atoms with van der Waals surface area (Å²) in [4.78, 5) is 0. The zero-order valence-electron chi connectivity index (χ0n) is 20.0. The second-order valence-corrected chi connectivity index (χ2v) is 26.2. The first-order valence-electron chi connectivity index (χ1n) is 11.3. The lowest BCUT2D eigenvalue weighted by Crippen LogP contribution is -2.62. The molecule has 0 aliphatic carbocycles. The summed E-state index contributed by atoms with van der Waals surface area (Å²) in [6.45, 7) is 16.3. The van der Waals surface area contributed by atoms with E-state index in [2.05, 4.69) is 39.3 Å². The first kappa shape index (κ1) is 29.6. The largest absolute Gasteiger partial charge is 0.469 e. The van der Waals surface area contributed by atoms with Gasteiger partial charge in [0.2, 0.25) is 0 Å². The van der Waals surface area contributed by atoms with Crippen molar-refractivity contribution in [2.24, 2.45) is 22.9 Å². The zero-order valence-corrected chi connectivity index (χ0v) is 24.0. The van der Waals surface area contributed by atoms with Gasteiger partial charge in [-0.2, -0.15) is 0 Å². The smallest absolute Gasteiger partial charge is 0.417 e. The number of nitrogens with two attached hydrogens (primary N) is 4. The second kappa shape index (κ2) is 13.9. The summed E-state index contributed by atoms with van der Waals surface area (Å²) in [5.74, 6) is 0. The highest BCUT2D eigenvalue weighted by Gasteiger charge is 2.51. The van der Waals surface area contributed by atoms with Crippen LogP contribution in [-0.4, -0.2) is 59.9 Å². The van der Waals surface area contributed by atoms with E-state index in [-0.39, 0.29) is 0 Å². The normalized spacial score (nSPS) is 13.9. The second-order valence-electron chi connectivity index (χ2n) is 9.84. The van der Waals surface area contributed by atoms with E-state index in [1.165, 1.54) is 0 Å². The van der Waals surface area contributed by atoms with Crippen LogP contribution in [0.5, 0.6) is 0 Å². The van der Waals surface area contributed by atoms with E-state index >= 15 is 0 Å². The summed E-state index contributed by atoms with van der Waals surface area (Å²) >= 11 is 0. The van der Waals surface area contributed by atoms with Crippen LogP contribution < -0.4 is 22.9 Å². The highest BCUT2D eigenvalue weighted by Crippen LogP contribution is 2.33. The average molecular weight is 483 g/mol. The Morgan fingerprint density at radius 3 is 0.931 bits per heavy atom. The third kappa shape index (κ3) is 13.6. The molecule has 0 unspecified atom stereocenters. The SMILES string of the molecule is C[Si](C)(CCCN)O[Si](CCCN)(O[Si](C)(C)CCCN)O[Si](C)(C)CCCN. The molecule has 7 nitrogen and oxygen atoms in total. The maximum Gasteiger partial charge on any atom is 0.469 e. The summed E-state index contributed by atoms with van der Waals surface area (Å²) in [5, 5.41) is 0. The standard InChI is InChI=1S/C18H50N4O3Si4/c1-26(2,15-7-11-19)23-29(18-10-14-22,24-27(3,4)16-8-12-20)25-28(5,6)17-9-13-21/h7-22H2,1-6H3. The fraction of sp³-hybridized carbons (Fsp3) is 1.00. The average Bonchev–Trinajstić information content (AvgIpc) is 2.60. The molecule has 0 saturated heterocycles. The third-order valence-electron chi connectivity index (χ3n) is 4.93. The van der Waals surface area contributed by atoms with E-state index in [1.807, 2.05) is 0 Å². The van der Waals surface area contributed by atoms with Gasteiger partial charge in [-0.1, -0.05) is 0 Å². The molecule has 0 fully saturated rings. The van der Waals surface area contributed by atoms with E-state index in [0.29, 0.717) is 26.2 Å². The summed E-state index contributed by atoms with van der Waals surface area (Å²) < 4.78 is 21.0. The first-order chi connectivity index (χ1) is 13.4. The van der Waals surface area contributed by atoms with E-state index in [4.69, 9.17) is 35.3 Å². The van der Waals surface area contributed by atoms with Crippen molar-refractivity contribution in [1.82, 2.24) is 0 Å². The minimum Gasteiger partial charge on any atom is -0.417 e. The monoisotopic (exact) mass is 482 g/mol. The lowest BCUT2D eigenvalue weighted by atomic mass is 10.5. The molecule has 29 heavy (non-hydrogen) atoms. The molecule has 0 radical (unpaired) electrons. The molecule has 0 aliphatic heterocycles. The summed E-state index contributed by atoms with van der Waals surface area (Å²) in [7, 11) is -8.85. The Kier molecular flexibility index (Phi) is 14.2. The molecule has 0 aliphatic rings. The number of hydrogen-bond acceptors (Lipinski definition) is 7. The molecule has 0 bridgehead atoms. The lowest BCUT2D eigenvalue weighted by Gasteiger charge is -2.45.